The van der Waals surface area contributed by atoms with Crippen molar-refractivity contribution < 1.29 is 19.1 Å². The van der Waals surface area contributed by atoms with Crippen LogP contribution < -0.4 is 0 Å². The smallest absolute Gasteiger partial charge is 0.323 e. The molecule has 0 radical (unpaired) electrons. The Bertz CT molecular complexity index is 1060. The average molecular weight is 366 g/mol. The first-order valence-electron chi connectivity index (χ1n) is 8.23. The van der Waals surface area contributed by atoms with Crippen molar-refractivity contribution in [2.24, 2.45) is 7.05 Å². The van der Waals surface area contributed by atoms with Crippen LogP contribution in [0, 0.1) is 5.82 Å². The van der Waals surface area contributed by atoms with Gasteiger partial charge < -0.3 is 10.0 Å². The van der Waals surface area contributed by atoms with Gasteiger partial charge in [-0.15, -0.1) is 0 Å². The molecule has 0 saturated heterocycles. The van der Waals surface area contributed by atoms with E-state index in [-0.39, 0.29) is 24.8 Å². The average Bonchev–Trinajstić information content (AvgIpc) is 3.16. The number of fused-ring (bicyclic) bond motifs is 1. The third kappa shape index (κ3) is 2.95. The molecule has 7 nitrogen and oxygen atoms in total. The van der Waals surface area contributed by atoms with Crippen molar-refractivity contribution in [1.29, 1.82) is 0 Å². The molecule has 27 heavy (non-hydrogen) atoms. The highest BCUT2D eigenvalue weighted by Crippen LogP contribution is 2.36. The van der Waals surface area contributed by atoms with Gasteiger partial charge in [-0.25, -0.2) is 4.39 Å². The van der Waals surface area contributed by atoms with Gasteiger partial charge in [0.1, 0.15) is 18.1 Å². The highest BCUT2D eigenvalue weighted by Gasteiger charge is 2.33. The quantitative estimate of drug-likeness (QED) is 0.766. The summed E-state index contributed by atoms with van der Waals surface area (Å²) < 4.78 is 14.9. The van der Waals surface area contributed by atoms with E-state index in [4.69, 9.17) is 5.11 Å². The van der Waals surface area contributed by atoms with Gasteiger partial charge >= 0.3 is 5.97 Å². The predicted molar refractivity (Wildman–Crippen MR) is 94.2 cm³/mol. The molecule has 0 saturated carbocycles. The van der Waals surface area contributed by atoms with Crippen LogP contribution in [0.2, 0.25) is 0 Å². The van der Waals surface area contributed by atoms with Crippen molar-refractivity contribution in [2.75, 3.05) is 6.54 Å². The summed E-state index contributed by atoms with van der Waals surface area (Å²) in [7, 11) is 1.76. The van der Waals surface area contributed by atoms with E-state index in [1.54, 1.807) is 42.3 Å². The topological polar surface area (TPSA) is 88.3 Å². The number of hydrogen-bond acceptors (Lipinski definition) is 4. The molecule has 0 aliphatic carbocycles. The summed E-state index contributed by atoms with van der Waals surface area (Å²) in [6.07, 6.45) is 3.37. The molecule has 0 atom stereocenters. The summed E-state index contributed by atoms with van der Waals surface area (Å²) in [5.74, 6) is -1.80. The lowest BCUT2D eigenvalue weighted by atomic mass is 9.97. The maximum Gasteiger partial charge on any atom is 0.323 e. The molecule has 8 heteroatoms. The Kier molecular flexibility index (Phi) is 3.95. The van der Waals surface area contributed by atoms with Crippen LogP contribution in [0.4, 0.5) is 4.39 Å². The fourth-order valence-electron chi connectivity index (χ4n) is 3.30. The molecule has 4 rings (SSSR count). The molecule has 3 heterocycles. The van der Waals surface area contributed by atoms with E-state index in [9.17, 15) is 14.0 Å². The minimum absolute atomic E-state index is 0.153. The van der Waals surface area contributed by atoms with E-state index in [0.717, 1.165) is 0 Å². The highest BCUT2D eigenvalue weighted by atomic mass is 19.1. The normalized spacial score (nSPS) is 13.1. The summed E-state index contributed by atoms with van der Waals surface area (Å²) in [6.45, 7) is -0.229. The lowest BCUT2D eigenvalue weighted by molar-refractivity contribution is -0.137. The number of aryl methyl sites for hydroxylation is 1. The number of pyridine rings is 1. The SMILES string of the molecule is Cn1cc(-c2ccnc3c2C(=O)N(CC(=O)O)C3)c(-c2ccc(F)cc2)n1. The molecule has 0 spiro atoms. The maximum absolute atomic E-state index is 13.3. The van der Waals surface area contributed by atoms with Crippen LogP contribution in [0.5, 0.6) is 0 Å². The summed E-state index contributed by atoms with van der Waals surface area (Å²) >= 11 is 0. The van der Waals surface area contributed by atoms with Crippen molar-refractivity contribution >= 4 is 11.9 Å². The summed E-state index contributed by atoms with van der Waals surface area (Å²) in [5, 5.41) is 13.5. The van der Waals surface area contributed by atoms with Gasteiger partial charge in [0.15, 0.2) is 0 Å². The number of nitrogens with zero attached hydrogens (tertiary/aromatic N) is 4. The Labute approximate surface area is 153 Å². The predicted octanol–water partition coefficient (Wildman–Crippen LogP) is 2.33. The molecular formula is C19H15FN4O3. The Morgan fingerprint density at radius 3 is 2.67 bits per heavy atom. The number of hydrogen-bond donors (Lipinski definition) is 1. The van der Waals surface area contributed by atoms with E-state index in [0.29, 0.717) is 33.6 Å². The minimum atomic E-state index is -1.08. The first-order valence-corrected chi connectivity index (χ1v) is 8.23. The summed E-state index contributed by atoms with van der Waals surface area (Å²) in [5.41, 5.74) is 3.57. The van der Waals surface area contributed by atoms with Crippen LogP contribution in [-0.4, -0.2) is 43.2 Å². The number of aliphatic carboxylic acids is 1. The second-order valence-electron chi connectivity index (χ2n) is 6.31. The molecular weight excluding hydrogens is 351 g/mol. The Morgan fingerprint density at radius 2 is 1.96 bits per heavy atom. The lowest BCUT2D eigenvalue weighted by Gasteiger charge is -2.12. The second-order valence-corrected chi connectivity index (χ2v) is 6.31. The number of aromatic nitrogens is 3. The van der Waals surface area contributed by atoms with Crippen molar-refractivity contribution in [3.63, 3.8) is 0 Å². The fraction of sp³-hybridized carbons (Fsp3) is 0.158. The molecule has 1 aliphatic heterocycles. The van der Waals surface area contributed by atoms with Gasteiger partial charge in [0.25, 0.3) is 5.91 Å². The van der Waals surface area contributed by atoms with Crippen LogP contribution in [0.3, 0.4) is 0 Å². The van der Waals surface area contributed by atoms with E-state index in [2.05, 4.69) is 10.1 Å². The number of carbonyl (C=O) groups excluding carboxylic acids is 1. The molecule has 1 N–H and O–H groups in total. The largest absolute Gasteiger partial charge is 0.480 e. The molecule has 1 aliphatic rings. The summed E-state index contributed by atoms with van der Waals surface area (Å²) in [6, 6.07) is 7.67. The molecule has 0 unspecified atom stereocenters. The van der Waals surface area contributed by atoms with Gasteiger partial charge in [-0.3, -0.25) is 19.3 Å². The molecule has 0 fully saturated rings. The maximum atomic E-state index is 13.3. The zero-order chi connectivity index (χ0) is 19.1. The molecule has 0 bridgehead atoms. The van der Waals surface area contributed by atoms with Gasteiger partial charge in [0.05, 0.1) is 17.8 Å². The van der Waals surface area contributed by atoms with E-state index < -0.39 is 5.97 Å². The first kappa shape index (κ1) is 16.9. The van der Waals surface area contributed by atoms with Crippen molar-refractivity contribution in [1.82, 2.24) is 19.7 Å². The monoisotopic (exact) mass is 366 g/mol. The van der Waals surface area contributed by atoms with Gasteiger partial charge in [-0.1, -0.05) is 0 Å². The van der Waals surface area contributed by atoms with Crippen molar-refractivity contribution in [3.05, 3.63) is 59.8 Å². The van der Waals surface area contributed by atoms with Gasteiger partial charge in [0.2, 0.25) is 0 Å². The fourth-order valence-corrected chi connectivity index (χ4v) is 3.30. The van der Waals surface area contributed by atoms with Gasteiger partial charge in [-0.2, -0.15) is 5.10 Å². The van der Waals surface area contributed by atoms with E-state index in [1.165, 1.54) is 17.0 Å². The highest BCUT2D eigenvalue weighted by molar-refractivity contribution is 6.06. The third-order valence-electron chi connectivity index (χ3n) is 4.43. The Balaban J connectivity index is 1.84. The number of halogens is 1. The lowest BCUT2D eigenvalue weighted by Crippen LogP contribution is -2.30. The Morgan fingerprint density at radius 1 is 1.22 bits per heavy atom. The molecule has 136 valence electrons. The first-order chi connectivity index (χ1) is 12.9. The van der Waals surface area contributed by atoms with Gasteiger partial charge in [-0.05, 0) is 30.3 Å². The minimum Gasteiger partial charge on any atom is -0.480 e. The number of carbonyl (C=O) groups is 2. The third-order valence-corrected chi connectivity index (χ3v) is 4.43. The standard InChI is InChI=1S/C19H15FN4O3/c1-23-8-14(18(22-23)11-2-4-12(20)5-3-11)13-6-7-21-15-9-24(10-16(25)26)19(27)17(13)15/h2-8H,9-10H2,1H3,(H,25,26). The number of amides is 1. The zero-order valence-electron chi connectivity index (χ0n) is 14.4. The van der Waals surface area contributed by atoms with E-state index >= 15 is 0 Å². The zero-order valence-corrected chi connectivity index (χ0v) is 14.4. The van der Waals surface area contributed by atoms with Crippen LogP contribution in [0.15, 0.2) is 42.7 Å². The van der Waals surface area contributed by atoms with Crippen molar-refractivity contribution in [3.8, 4) is 22.4 Å². The number of benzene rings is 1. The van der Waals surface area contributed by atoms with Crippen molar-refractivity contribution in [2.45, 2.75) is 6.54 Å². The van der Waals surface area contributed by atoms with Crippen LogP contribution in [0.25, 0.3) is 22.4 Å². The molecule has 3 aromatic rings. The Hall–Kier alpha value is -3.55. The molecule has 1 amide bonds. The number of rotatable bonds is 4. The summed E-state index contributed by atoms with van der Waals surface area (Å²) in [4.78, 5) is 29.3. The van der Waals surface area contributed by atoms with Crippen LogP contribution in [0.1, 0.15) is 16.1 Å². The number of carboxylic acids is 1. The second kappa shape index (κ2) is 6.31. The van der Waals surface area contributed by atoms with E-state index in [1.807, 2.05) is 0 Å². The van der Waals surface area contributed by atoms with Gasteiger partial charge in [0, 0.05) is 36.1 Å². The van der Waals surface area contributed by atoms with Crippen LogP contribution >= 0.6 is 0 Å². The number of carboxylic acid groups (broad SMARTS) is 1. The molecule has 1 aromatic carbocycles. The van der Waals surface area contributed by atoms with Crippen LogP contribution in [-0.2, 0) is 18.4 Å². The molecule has 2 aromatic heterocycles.